The topological polar surface area (TPSA) is 55.4 Å². The Hall–Kier alpha value is -2.01. The lowest BCUT2D eigenvalue weighted by Gasteiger charge is -2.17. The number of fused-ring (bicyclic) bond motifs is 1. The number of aromatic amines is 1. The molecule has 0 spiro atoms. The summed E-state index contributed by atoms with van der Waals surface area (Å²) in [6, 6.07) is 8.43. The van der Waals surface area contributed by atoms with Crippen LogP contribution in [-0.4, -0.2) is 56.1 Å². The van der Waals surface area contributed by atoms with Crippen LogP contribution < -0.4 is 10.6 Å². The van der Waals surface area contributed by atoms with Crippen LogP contribution in [0, 0.1) is 0 Å². The Balaban J connectivity index is 1.70. The number of benzene rings is 1. The molecule has 0 radical (unpaired) electrons. The number of rotatable bonds is 9. The van der Waals surface area contributed by atoms with Crippen LogP contribution in [-0.2, 0) is 6.42 Å². The summed E-state index contributed by atoms with van der Waals surface area (Å²) in [6.45, 7) is 6.19. The number of aliphatic imine (C=N–C) groups is 1. The first kappa shape index (κ1) is 18.3. The zero-order chi connectivity index (χ0) is 17.2. The Bertz CT molecular complexity index is 631. The monoisotopic (exact) mass is 329 g/mol. The molecule has 5 nitrogen and oxygen atoms in total. The van der Waals surface area contributed by atoms with Gasteiger partial charge in [-0.15, -0.1) is 0 Å². The molecule has 24 heavy (non-hydrogen) atoms. The minimum atomic E-state index is 0.868. The minimum Gasteiger partial charge on any atom is -0.361 e. The molecule has 1 aromatic heterocycles. The van der Waals surface area contributed by atoms with Gasteiger partial charge in [0.15, 0.2) is 5.96 Å². The van der Waals surface area contributed by atoms with Crippen molar-refractivity contribution in [3.05, 3.63) is 36.0 Å². The highest BCUT2D eigenvalue weighted by Gasteiger charge is 2.04. The van der Waals surface area contributed by atoms with Crippen LogP contribution in [0.4, 0.5) is 0 Å². The number of guanidine groups is 1. The van der Waals surface area contributed by atoms with E-state index in [4.69, 9.17) is 0 Å². The quantitative estimate of drug-likeness (QED) is 0.490. The number of hydrogen-bond donors (Lipinski definition) is 3. The predicted molar refractivity (Wildman–Crippen MR) is 104 cm³/mol. The fourth-order valence-corrected chi connectivity index (χ4v) is 2.78. The molecule has 2 aromatic rings. The molecule has 3 N–H and O–H groups in total. The smallest absolute Gasteiger partial charge is 0.191 e. The Morgan fingerprint density at radius 2 is 1.96 bits per heavy atom. The van der Waals surface area contributed by atoms with E-state index in [1.807, 2.05) is 7.05 Å². The molecular weight excluding hydrogens is 298 g/mol. The van der Waals surface area contributed by atoms with E-state index in [-0.39, 0.29) is 0 Å². The molecule has 0 amide bonds. The predicted octanol–water partition coefficient (Wildman–Crippen LogP) is 2.61. The third-order valence-corrected chi connectivity index (χ3v) is 4.26. The SMILES string of the molecule is CCCCN(C)CCNC(=NC)NCCc1c[nH]c2ccccc12. The largest absolute Gasteiger partial charge is 0.361 e. The highest BCUT2D eigenvalue weighted by atomic mass is 15.2. The second-order valence-corrected chi connectivity index (χ2v) is 6.19. The molecule has 132 valence electrons. The standard InChI is InChI=1S/C19H31N5/c1-4-5-13-24(3)14-12-22-19(20-2)21-11-10-16-15-23-18-9-7-6-8-17(16)18/h6-9,15,23H,4-5,10-14H2,1-3H3,(H2,20,21,22). The summed E-state index contributed by atoms with van der Waals surface area (Å²) in [5.74, 6) is 0.874. The molecule has 0 fully saturated rings. The molecule has 5 heteroatoms. The summed E-state index contributed by atoms with van der Waals surface area (Å²) < 4.78 is 0. The Morgan fingerprint density at radius 3 is 2.75 bits per heavy atom. The second kappa shape index (κ2) is 9.98. The molecule has 0 aliphatic carbocycles. The van der Waals surface area contributed by atoms with Crippen molar-refractivity contribution in [2.75, 3.05) is 40.3 Å². The van der Waals surface area contributed by atoms with Crippen molar-refractivity contribution in [2.45, 2.75) is 26.2 Å². The molecular formula is C19H31N5. The first-order valence-electron chi connectivity index (χ1n) is 8.92. The van der Waals surface area contributed by atoms with Crippen LogP contribution in [0.15, 0.2) is 35.5 Å². The van der Waals surface area contributed by atoms with Crippen molar-refractivity contribution in [3.8, 4) is 0 Å². The van der Waals surface area contributed by atoms with Crippen molar-refractivity contribution in [3.63, 3.8) is 0 Å². The van der Waals surface area contributed by atoms with Crippen LogP contribution in [0.3, 0.4) is 0 Å². The van der Waals surface area contributed by atoms with Gasteiger partial charge in [0, 0.05) is 43.8 Å². The minimum absolute atomic E-state index is 0.868. The lowest BCUT2D eigenvalue weighted by atomic mass is 10.1. The lowest BCUT2D eigenvalue weighted by molar-refractivity contribution is 0.332. The summed E-state index contributed by atoms with van der Waals surface area (Å²) >= 11 is 0. The van der Waals surface area contributed by atoms with E-state index in [9.17, 15) is 0 Å². The number of hydrogen-bond acceptors (Lipinski definition) is 2. The summed E-state index contributed by atoms with van der Waals surface area (Å²) in [7, 11) is 3.99. The highest BCUT2D eigenvalue weighted by molar-refractivity contribution is 5.83. The number of nitrogens with one attached hydrogen (secondary N) is 3. The molecule has 0 unspecified atom stereocenters. The van der Waals surface area contributed by atoms with E-state index < -0.39 is 0 Å². The Kier molecular flexibility index (Phi) is 7.62. The van der Waals surface area contributed by atoms with Crippen LogP contribution in [0.25, 0.3) is 10.9 Å². The summed E-state index contributed by atoms with van der Waals surface area (Å²) in [4.78, 5) is 9.98. The summed E-state index contributed by atoms with van der Waals surface area (Å²) in [6.07, 6.45) is 5.58. The number of nitrogens with zero attached hydrogens (tertiary/aromatic N) is 2. The first-order chi connectivity index (χ1) is 11.7. The van der Waals surface area contributed by atoms with E-state index in [1.165, 1.54) is 29.3 Å². The van der Waals surface area contributed by atoms with Gasteiger partial charge in [-0.1, -0.05) is 31.5 Å². The van der Waals surface area contributed by atoms with Gasteiger partial charge in [0.25, 0.3) is 0 Å². The highest BCUT2D eigenvalue weighted by Crippen LogP contribution is 2.17. The average molecular weight is 329 g/mol. The van der Waals surface area contributed by atoms with Crippen molar-refractivity contribution in [1.82, 2.24) is 20.5 Å². The van der Waals surface area contributed by atoms with Gasteiger partial charge in [0.05, 0.1) is 0 Å². The van der Waals surface area contributed by atoms with Gasteiger partial charge in [-0.25, -0.2) is 0 Å². The van der Waals surface area contributed by atoms with E-state index in [0.29, 0.717) is 0 Å². The number of aromatic nitrogens is 1. The number of likely N-dealkylation sites (N-methyl/N-ethyl adjacent to an activating group) is 1. The maximum absolute atomic E-state index is 4.30. The maximum atomic E-state index is 4.30. The molecule has 2 rings (SSSR count). The normalized spacial score (nSPS) is 12.1. The van der Waals surface area contributed by atoms with Crippen LogP contribution >= 0.6 is 0 Å². The van der Waals surface area contributed by atoms with Gasteiger partial charge >= 0.3 is 0 Å². The second-order valence-electron chi connectivity index (χ2n) is 6.19. The number of H-pyrrole nitrogens is 1. The van der Waals surface area contributed by atoms with Gasteiger partial charge in [-0.05, 0) is 38.1 Å². The molecule has 0 saturated heterocycles. The molecule has 0 atom stereocenters. The summed E-state index contributed by atoms with van der Waals surface area (Å²) in [5.41, 5.74) is 2.54. The molecule has 0 saturated carbocycles. The van der Waals surface area contributed by atoms with Crippen LogP contribution in [0.1, 0.15) is 25.3 Å². The molecule has 0 aliphatic rings. The first-order valence-corrected chi connectivity index (χ1v) is 8.92. The zero-order valence-corrected chi connectivity index (χ0v) is 15.2. The lowest BCUT2D eigenvalue weighted by Crippen LogP contribution is -2.41. The van der Waals surface area contributed by atoms with E-state index >= 15 is 0 Å². The summed E-state index contributed by atoms with van der Waals surface area (Å²) in [5, 5.41) is 8.08. The molecule has 0 bridgehead atoms. The molecule has 0 aliphatic heterocycles. The fourth-order valence-electron chi connectivity index (χ4n) is 2.78. The van der Waals surface area contributed by atoms with Crippen molar-refractivity contribution in [2.24, 2.45) is 4.99 Å². The van der Waals surface area contributed by atoms with Crippen LogP contribution in [0.2, 0.25) is 0 Å². The molecule has 1 heterocycles. The van der Waals surface area contributed by atoms with Crippen LogP contribution in [0.5, 0.6) is 0 Å². The third kappa shape index (κ3) is 5.57. The zero-order valence-electron chi connectivity index (χ0n) is 15.2. The third-order valence-electron chi connectivity index (χ3n) is 4.26. The fraction of sp³-hybridized carbons (Fsp3) is 0.526. The van der Waals surface area contributed by atoms with Gasteiger partial charge in [-0.3, -0.25) is 4.99 Å². The Labute approximate surface area is 145 Å². The van der Waals surface area contributed by atoms with Crippen molar-refractivity contribution >= 4 is 16.9 Å². The van der Waals surface area contributed by atoms with E-state index in [1.54, 1.807) is 0 Å². The molecule has 1 aromatic carbocycles. The maximum Gasteiger partial charge on any atom is 0.191 e. The van der Waals surface area contributed by atoms with Crippen molar-refractivity contribution in [1.29, 1.82) is 0 Å². The van der Waals surface area contributed by atoms with E-state index in [0.717, 1.165) is 38.6 Å². The van der Waals surface area contributed by atoms with E-state index in [2.05, 4.69) is 69.9 Å². The van der Waals surface area contributed by atoms with Gasteiger partial charge in [0.1, 0.15) is 0 Å². The average Bonchev–Trinajstić information content (AvgIpc) is 3.02. The van der Waals surface area contributed by atoms with Gasteiger partial charge in [0.2, 0.25) is 0 Å². The van der Waals surface area contributed by atoms with Gasteiger partial charge in [-0.2, -0.15) is 0 Å². The van der Waals surface area contributed by atoms with Crippen molar-refractivity contribution < 1.29 is 0 Å². The number of unbranched alkanes of at least 4 members (excludes halogenated alkanes) is 1. The Morgan fingerprint density at radius 1 is 1.17 bits per heavy atom. The number of para-hydroxylation sites is 1. The van der Waals surface area contributed by atoms with Gasteiger partial charge < -0.3 is 20.5 Å².